The first-order valence-corrected chi connectivity index (χ1v) is 7.41. The molecule has 0 amide bonds. The van der Waals surface area contributed by atoms with Gasteiger partial charge in [-0.3, -0.25) is 4.90 Å². The predicted octanol–water partition coefficient (Wildman–Crippen LogP) is -0.366. The van der Waals surface area contributed by atoms with Gasteiger partial charge in [0.25, 0.3) is 0 Å². The zero-order valence-electron chi connectivity index (χ0n) is 12.8. The van der Waals surface area contributed by atoms with Crippen molar-refractivity contribution in [2.24, 2.45) is 15.9 Å². The summed E-state index contributed by atoms with van der Waals surface area (Å²) in [6.07, 6.45) is 3.71. The molecule has 7 heteroatoms. The van der Waals surface area contributed by atoms with Crippen molar-refractivity contribution < 1.29 is 14.3 Å². The van der Waals surface area contributed by atoms with E-state index < -0.39 is 0 Å². The van der Waals surface area contributed by atoms with Gasteiger partial charge in [0.1, 0.15) is 5.94 Å². The lowest BCUT2D eigenvalue weighted by molar-refractivity contribution is 0.153. The number of piperazine rings is 1. The Balaban J connectivity index is 2.00. The maximum absolute atomic E-state index is 11.4. The number of fused-ring (bicyclic) bond motifs is 1. The summed E-state index contributed by atoms with van der Waals surface area (Å²) in [7, 11) is 3.12. The van der Waals surface area contributed by atoms with Crippen LogP contribution in [0.3, 0.4) is 0 Å². The van der Waals surface area contributed by atoms with Crippen molar-refractivity contribution in [2.75, 3.05) is 40.4 Å². The lowest BCUT2D eigenvalue weighted by atomic mass is 9.80. The first kappa shape index (κ1) is 15.0. The molecule has 0 aromatic carbocycles. The quantitative estimate of drug-likeness (QED) is 0.669. The number of hydrogen-bond donors (Lipinski definition) is 1. The molecule has 22 heavy (non-hydrogen) atoms. The Morgan fingerprint density at radius 3 is 2.73 bits per heavy atom. The van der Waals surface area contributed by atoms with Gasteiger partial charge in [0.2, 0.25) is 0 Å². The molecular weight excluding hydrogens is 284 g/mol. The maximum atomic E-state index is 11.4. The highest BCUT2D eigenvalue weighted by atomic mass is 16.5. The van der Waals surface area contributed by atoms with E-state index in [0.29, 0.717) is 17.5 Å². The van der Waals surface area contributed by atoms with Crippen LogP contribution in [0.4, 0.5) is 0 Å². The van der Waals surface area contributed by atoms with Gasteiger partial charge in [0.15, 0.2) is 5.90 Å². The van der Waals surface area contributed by atoms with Crippen molar-refractivity contribution in [3.8, 4) is 0 Å². The Labute approximate surface area is 129 Å². The van der Waals surface area contributed by atoms with Gasteiger partial charge in [-0.15, -0.1) is 0 Å². The van der Waals surface area contributed by atoms with Crippen LogP contribution in [0.25, 0.3) is 0 Å². The van der Waals surface area contributed by atoms with E-state index in [4.69, 9.17) is 9.47 Å². The summed E-state index contributed by atoms with van der Waals surface area (Å²) in [5.41, 5.74) is 0.629. The minimum absolute atomic E-state index is 0.115. The Morgan fingerprint density at radius 1 is 1.32 bits per heavy atom. The van der Waals surface area contributed by atoms with E-state index in [0.717, 1.165) is 26.2 Å². The lowest BCUT2D eigenvalue weighted by Gasteiger charge is -2.42. The Kier molecular flexibility index (Phi) is 4.38. The number of ether oxygens (including phenoxy) is 2. The van der Waals surface area contributed by atoms with Crippen LogP contribution in [0.5, 0.6) is 0 Å². The fraction of sp³-hybridized carbons (Fsp3) is 0.600. The van der Waals surface area contributed by atoms with Gasteiger partial charge in [-0.1, -0.05) is 6.08 Å². The number of rotatable bonds is 1. The van der Waals surface area contributed by atoms with Gasteiger partial charge in [-0.2, -0.15) is 4.99 Å². The van der Waals surface area contributed by atoms with Crippen LogP contribution in [0.15, 0.2) is 27.7 Å². The van der Waals surface area contributed by atoms with Gasteiger partial charge < -0.3 is 14.8 Å². The van der Waals surface area contributed by atoms with Crippen LogP contribution in [-0.4, -0.2) is 75.2 Å². The third-order valence-electron chi connectivity index (χ3n) is 4.30. The topological polar surface area (TPSA) is 75.5 Å². The largest absolute Gasteiger partial charge is 0.484 e. The van der Waals surface area contributed by atoms with Crippen LogP contribution < -0.4 is 5.32 Å². The van der Waals surface area contributed by atoms with Crippen LogP contribution in [0.1, 0.15) is 0 Å². The molecule has 2 aliphatic heterocycles. The van der Waals surface area contributed by atoms with Crippen LogP contribution in [0, 0.1) is 5.92 Å². The van der Waals surface area contributed by atoms with Gasteiger partial charge in [0.05, 0.1) is 37.8 Å². The van der Waals surface area contributed by atoms with Crippen molar-refractivity contribution in [2.45, 2.75) is 12.1 Å². The van der Waals surface area contributed by atoms with Gasteiger partial charge in [-0.25, -0.2) is 9.79 Å². The van der Waals surface area contributed by atoms with Crippen molar-refractivity contribution >= 4 is 17.9 Å². The monoisotopic (exact) mass is 304 g/mol. The van der Waals surface area contributed by atoms with Crippen LogP contribution in [0.2, 0.25) is 0 Å². The number of hydrogen-bond acceptors (Lipinski definition) is 7. The highest BCUT2D eigenvalue weighted by Gasteiger charge is 2.44. The van der Waals surface area contributed by atoms with Crippen LogP contribution >= 0.6 is 0 Å². The maximum Gasteiger partial charge on any atom is 0.315 e. The fourth-order valence-electron chi connectivity index (χ4n) is 3.29. The Hall–Kier alpha value is -1.95. The van der Waals surface area contributed by atoms with Crippen molar-refractivity contribution in [3.05, 3.63) is 17.7 Å². The molecule has 0 aromatic heterocycles. The zero-order valence-corrected chi connectivity index (χ0v) is 12.8. The molecule has 1 saturated heterocycles. The summed E-state index contributed by atoms with van der Waals surface area (Å²) in [4.78, 5) is 22.5. The third kappa shape index (κ3) is 2.59. The van der Waals surface area contributed by atoms with Gasteiger partial charge >= 0.3 is 6.02 Å². The molecule has 3 aliphatic rings. The molecule has 0 bridgehead atoms. The molecule has 0 saturated carbocycles. The number of methoxy groups -OCH3 is 2. The molecule has 118 valence electrons. The summed E-state index contributed by atoms with van der Waals surface area (Å²) in [5.74, 6) is 2.51. The summed E-state index contributed by atoms with van der Waals surface area (Å²) < 4.78 is 10.6. The molecule has 1 N–H and O–H groups in total. The summed E-state index contributed by atoms with van der Waals surface area (Å²) in [5, 5.41) is 3.32. The van der Waals surface area contributed by atoms with Crippen molar-refractivity contribution in [3.63, 3.8) is 0 Å². The smallest absolute Gasteiger partial charge is 0.315 e. The first-order chi connectivity index (χ1) is 10.8. The average molecular weight is 304 g/mol. The summed E-state index contributed by atoms with van der Waals surface area (Å²) >= 11 is 0. The van der Waals surface area contributed by atoms with Gasteiger partial charge in [-0.05, 0) is 6.08 Å². The fourth-order valence-corrected chi connectivity index (χ4v) is 3.29. The molecule has 3 atom stereocenters. The van der Waals surface area contributed by atoms with E-state index in [1.165, 1.54) is 7.11 Å². The molecule has 0 radical (unpaired) electrons. The molecule has 3 rings (SSSR count). The summed E-state index contributed by atoms with van der Waals surface area (Å²) in [6, 6.07) is 0.0511. The van der Waals surface area contributed by atoms with E-state index in [1.54, 1.807) is 7.11 Å². The predicted molar refractivity (Wildman–Crippen MR) is 82.7 cm³/mol. The number of nitrogens with one attached hydrogen (secondary N) is 1. The van der Waals surface area contributed by atoms with E-state index >= 15 is 0 Å². The normalized spacial score (nSPS) is 31.7. The molecule has 1 aliphatic carbocycles. The molecular formula is C15H20N4O3. The molecule has 1 fully saturated rings. The minimum atomic E-state index is -0.139. The minimum Gasteiger partial charge on any atom is -0.484 e. The summed E-state index contributed by atoms with van der Waals surface area (Å²) in [6.45, 7) is 3.53. The zero-order chi connectivity index (χ0) is 15.5. The molecule has 0 spiro atoms. The lowest BCUT2D eigenvalue weighted by Crippen LogP contribution is -2.56. The van der Waals surface area contributed by atoms with Crippen molar-refractivity contribution in [1.82, 2.24) is 10.2 Å². The molecule has 3 unspecified atom stereocenters. The van der Waals surface area contributed by atoms with E-state index in [1.807, 2.05) is 12.2 Å². The molecule has 7 nitrogen and oxygen atoms in total. The highest BCUT2D eigenvalue weighted by molar-refractivity contribution is 5.95. The Morgan fingerprint density at radius 2 is 2.09 bits per heavy atom. The first-order valence-electron chi connectivity index (χ1n) is 7.41. The second kappa shape index (κ2) is 6.44. The van der Waals surface area contributed by atoms with E-state index in [-0.39, 0.29) is 18.0 Å². The molecule has 2 heterocycles. The number of amidine groups is 1. The average Bonchev–Trinajstić information content (AvgIpc) is 2.60. The number of carbonyl (C=O) groups excluding carboxylic acids is 1. The second-order valence-corrected chi connectivity index (χ2v) is 5.43. The van der Waals surface area contributed by atoms with E-state index in [9.17, 15) is 4.79 Å². The van der Waals surface area contributed by atoms with Crippen molar-refractivity contribution in [1.29, 1.82) is 0 Å². The van der Waals surface area contributed by atoms with Gasteiger partial charge in [0, 0.05) is 26.2 Å². The molecule has 0 aromatic rings. The van der Waals surface area contributed by atoms with Crippen LogP contribution in [-0.2, 0) is 14.3 Å². The highest BCUT2D eigenvalue weighted by Crippen LogP contribution is 2.33. The SMILES string of the molecule is COC1=NC2C=CC(=C=O)C(N3CCNCC3)C2C(OC)=N1. The third-order valence-corrected chi connectivity index (χ3v) is 4.30. The Bertz CT molecular complexity index is 571. The second-order valence-electron chi connectivity index (χ2n) is 5.43. The standard InChI is InChI=1S/C15H20N4O3/c1-21-14-12-11(17-15(18-14)22-2)4-3-10(9-20)13(12)19-7-5-16-6-8-19/h3-4,11-13,16H,5-8H2,1-2H3. The van der Waals surface area contributed by atoms with E-state index in [2.05, 4.69) is 26.1 Å². The number of aliphatic imine (C=N–C) groups is 2. The number of nitrogens with zero attached hydrogens (tertiary/aromatic N) is 3.